The average molecular weight is 467 g/mol. The monoisotopic (exact) mass is 466 g/mol. The normalized spacial score (nSPS) is 21.8. The van der Waals surface area contributed by atoms with Crippen molar-refractivity contribution in [3.63, 3.8) is 0 Å². The number of halogens is 3. The highest BCUT2D eigenvalue weighted by molar-refractivity contribution is 9.10. The highest BCUT2D eigenvalue weighted by Crippen LogP contribution is 2.62. The molecule has 1 unspecified atom stereocenters. The third-order valence-corrected chi connectivity index (χ3v) is 6.67. The number of anilines is 1. The van der Waals surface area contributed by atoms with E-state index in [9.17, 15) is 0 Å². The van der Waals surface area contributed by atoms with Gasteiger partial charge in [0, 0.05) is 39.4 Å². The number of nitrogens with zero attached hydrogens (tertiary/aromatic N) is 1. The maximum Gasteiger partial charge on any atom is 0.326 e. The van der Waals surface area contributed by atoms with Gasteiger partial charge in [-0.05, 0) is 41.5 Å². The van der Waals surface area contributed by atoms with Crippen LogP contribution in [-0.4, -0.2) is 18.1 Å². The molecule has 3 heterocycles. The fourth-order valence-electron chi connectivity index (χ4n) is 4.85. The number of aromatic amines is 1. The average Bonchev–Trinajstić information content (AvgIpc) is 3.42. The summed E-state index contributed by atoms with van der Waals surface area (Å²) in [5.74, 6) is -3.22. The van der Waals surface area contributed by atoms with E-state index in [-0.39, 0.29) is 12.2 Å². The summed E-state index contributed by atoms with van der Waals surface area (Å²) in [4.78, 5) is 4.86. The molecule has 0 aliphatic carbocycles. The van der Waals surface area contributed by atoms with Gasteiger partial charge in [0.1, 0.15) is 0 Å². The quantitative estimate of drug-likeness (QED) is 0.370. The standard InChI is InChI=1S/C24H17BrF2N2O/c25-17-7-8-21-18(13-17)20(14-28-21)24-23(26,27)19-12-16(15-4-2-1-3-5-15)6-9-22(19)29(24)10-11-30-24/h1-9,12-14,28H,10-11H2. The van der Waals surface area contributed by atoms with Gasteiger partial charge in [0.2, 0.25) is 5.72 Å². The zero-order valence-corrected chi connectivity index (χ0v) is 17.4. The molecule has 0 radical (unpaired) electrons. The molecule has 0 saturated carbocycles. The lowest BCUT2D eigenvalue weighted by Crippen LogP contribution is -2.48. The Morgan fingerprint density at radius 1 is 0.933 bits per heavy atom. The predicted molar refractivity (Wildman–Crippen MR) is 117 cm³/mol. The van der Waals surface area contributed by atoms with Crippen molar-refractivity contribution in [2.75, 3.05) is 18.1 Å². The molecule has 4 aromatic rings. The summed E-state index contributed by atoms with van der Waals surface area (Å²) in [5, 5.41) is 0.729. The second kappa shape index (κ2) is 6.15. The molecule has 1 saturated heterocycles. The van der Waals surface area contributed by atoms with Crippen LogP contribution in [0.4, 0.5) is 14.5 Å². The minimum absolute atomic E-state index is 0.00731. The van der Waals surface area contributed by atoms with E-state index in [4.69, 9.17) is 4.74 Å². The van der Waals surface area contributed by atoms with Gasteiger partial charge < -0.3 is 14.6 Å². The number of fused-ring (bicyclic) bond motifs is 4. The molecule has 2 aliphatic heterocycles. The van der Waals surface area contributed by atoms with E-state index in [2.05, 4.69) is 20.9 Å². The first kappa shape index (κ1) is 18.1. The van der Waals surface area contributed by atoms with Crippen molar-refractivity contribution in [3.8, 4) is 11.1 Å². The molecule has 3 aromatic carbocycles. The Hall–Kier alpha value is -2.70. The predicted octanol–water partition coefficient (Wildman–Crippen LogP) is 6.39. The summed E-state index contributed by atoms with van der Waals surface area (Å²) in [5.41, 5.74) is 1.62. The lowest BCUT2D eigenvalue weighted by Gasteiger charge is -2.36. The molecule has 1 atom stereocenters. The Kier molecular flexibility index (Phi) is 3.71. The van der Waals surface area contributed by atoms with Gasteiger partial charge >= 0.3 is 5.92 Å². The van der Waals surface area contributed by atoms with Crippen molar-refractivity contribution in [3.05, 3.63) is 88.5 Å². The molecule has 3 nitrogen and oxygen atoms in total. The van der Waals surface area contributed by atoms with Crippen LogP contribution in [0.25, 0.3) is 22.0 Å². The molecule has 150 valence electrons. The molecular weight excluding hydrogens is 450 g/mol. The Balaban J connectivity index is 1.58. The Bertz CT molecular complexity index is 1290. The summed E-state index contributed by atoms with van der Waals surface area (Å²) in [6.45, 7) is 0.657. The van der Waals surface area contributed by atoms with Crippen molar-refractivity contribution in [1.82, 2.24) is 4.98 Å². The first-order valence-corrected chi connectivity index (χ1v) is 10.6. The second-order valence-corrected chi connectivity index (χ2v) is 8.62. The molecule has 30 heavy (non-hydrogen) atoms. The van der Waals surface area contributed by atoms with Crippen LogP contribution in [-0.2, 0) is 16.4 Å². The zero-order chi connectivity index (χ0) is 20.5. The molecule has 1 N–H and O–H groups in total. The molecule has 1 aromatic heterocycles. The summed E-state index contributed by atoms with van der Waals surface area (Å²) in [7, 11) is 0. The van der Waals surface area contributed by atoms with E-state index in [1.54, 1.807) is 23.2 Å². The fourth-order valence-corrected chi connectivity index (χ4v) is 5.21. The van der Waals surface area contributed by atoms with Gasteiger partial charge in [-0.3, -0.25) is 0 Å². The number of aromatic nitrogens is 1. The number of hydrogen-bond acceptors (Lipinski definition) is 2. The summed E-state index contributed by atoms with van der Waals surface area (Å²) < 4.78 is 39.3. The van der Waals surface area contributed by atoms with Crippen LogP contribution < -0.4 is 4.90 Å². The van der Waals surface area contributed by atoms with Crippen LogP contribution in [0.5, 0.6) is 0 Å². The molecule has 6 rings (SSSR count). The first-order chi connectivity index (χ1) is 14.5. The fraction of sp³-hybridized carbons (Fsp3) is 0.167. The number of ether oxygens (including phenoxy) is 1. The van der Waals surface area contributed by atoms with Crippen LogP contribution in [0.1, 0.15) is 11.1 Å². The van der Waals surface area contributed by atoms with Crippen LogP contribution >= 0.6 is 15.9 Å². The molecule has 6 heteroatoms. The summed E-state index contributed by atoms with van der Waals surface area (Å²) in [6, 6.07) is 20.5. The van der Waals surface area contributed by atoms with E-state index in [1.807, 2.05) is 54.6 Å². The third-order valence-electron chi connectivity index (χ3n) is 6.17. The van der Waals surface area contributed by atoms with Gasteiger partial charge in [-0.2, -0.15) is 8.78 Å². The smallest absolute Gasteiger partial charge is 0.326 e. The third kappa shape index (κ3) is 2.21. The zero-order valence-electron chi connectivity index (χ0n) is 15.8. The van der Waals surface area contributed by atoms with Crippen molar-refractivity contribution in [2.45, 2.75) is 11.6 Å². The van der Waals surface area contributed by atoms with E-state index in [0.717, 1.165) is 26.5 Å². The van der Waals surface area contributed by atoms with Gasteiger partial charge in [0.05, 0.1) is 12.2 Å². The topological polar surface area (TPSA) is 28.3 Å². The molecule has 2 aliphatic rings. The molecule has 0 bridgehead atoms. The van der Waals surface area contributed by atoms with E-state index in [0.29, 0.717) is 17.8 Å². The molecule has 1 fully saturated rings. The van der Waals surface area contributed by atoms with Crippen LogP contribution in [0, 0.1) is 0 Å². The van der Waals surface area contributed by atoms with Crippen molar-refractivity contribution >= 4 is 32.5 Å². The van der Waals surface area contributed by atoms with Gasteiger partial charge in [0.15, 0.2) is 0 Å². The minimum Gasteiger partial charge on any atom is -0.361 e. The van der Waals surface area contributed by atoms with Crippen LogP contribution in [0.15, 0.2) is 77.4 Å². The van der Waals surface area contributed by atoms with Gasteiger partial charge in [-0.15, -0.1) is 0 Å². The number of alkyl halides is 2. The molecular formula is C24H17BrF2N2O. The first-order valence-electron chi connectivity index (χ1n) is 9.79. The summed E-state index contributed by atoms with van der Waals surface area (Å²) in [6.07, 6.45) is 1.66. The lowest BCUT2D eigenvalue weighted by molar-refractivity contribution is -0.189. The van der Waals surface area contributed by atoms with E-state index in [1.165, 1.54) is 0 Å². The van der Waals surface area contributed by atoms with Gasteiger partial charge in [-0.1, -0.05) is 52.3 Å². The highest BCUT2D eigenvalue weighted by Gasteiger charge is 2.69. The second-order valence-electron chi connectivity index (χ2n) is 7.71. The summed E-state index contributed by atoms with van der Waals surface area (Å²) >= 11 is 3.47. The molecule has 0 amide bonds. The van der Waals surface area contributed by atoms with Crippen molar-refractivity contribution in [1.29, 1.82) is 0 Å². The largest absolute Gasteiger partial charge is 0.361 e. The number of rotatable bonds is 2. The van der Waals surface area contributed by atoms with E-state index < -0.39 is 11.6 Å². The number of benzene rings is 3. The van der Waals surface area contributed by atoms with Gasteiger partial charge in [-0.25, -0.2) is 0 Å². The maximum absolute atomic E-state index is 16.2. The van der Waals surface area contributed by atoms with Crippen LogP contribution in [0.2, 0.25) is 0 Å². The SMILES string of the molecule is FC1(F)c2cc(-c3ccccc3)ccc2N2CCOC21c1c[nH]c2ccc(Br)cc12. The molecule has 0 spiro atoms. The lowest BCUT2D eigenvalue weighted by atomic mass is 9.92. The maximum atomic E-state index is 16.2. The number of hydrogen-bond donors (Lipinski definition) is 1. The Morgan fingerprint density at radius 2 is 1.77 bits per heavy atom. The van der Waals surface area contributed by atoms with Crippen molar-refractivity contribution < 1.29 is 13.5 Å². The minimum atomic E-state index is -3.22. The van der Waals surface area contributed by atoms with Crippen LogP contribution in [0.3, 0.4) is 0 Å². The highest BCUT2D eigenvalue weighted by atomic mass is 79.9. The number of H-pyrrole nitrogens is 1. The van der Waals surface area contributed by atoms with Crippen molar-refractivity contribution in [2.24, 2.45) is 0 Å². The Labute approximate surface area is 180 Å². The number of nitrogens with one attached hydrogen (secondary N) is 1. The van der Waals surface area contributed by atoms with Gasteiger partial charge in [0.25, 0.3) is 0 Å². The van der Waals surface area contributed by atoms with E-state index >= 15 is 8.78 Å². The Morgan fingerprint density at radius 3 is 2.60 bits per heavy atom.